The Morgan fingerprint density at radius 2 is 1.95 bits per heavy atom. The van der Waals surface area contributed by atoms with E-state index in [-0.39, 0.29) is 29.0 Å². The highest BCUT2D eigenvalue weighted by molar-refractivity contribution is 5.88. The second kappa shape index (κ2) is 4.96. The molecular weight excluding hydrogens is 272 g/mol. The minimum Gasteiger partial charge on any atom is -0.486 e. The summed E-state index contributed by atoms with van der Waals surface area (Å²) in [6.45, 7) is 1.63. The lowest BCUT2D eigenvalue weighted by Gasteiger charge is -2.06. The molecule has 0 N–H and O–H groups in total. The fourth-order valence-electron chi connectivity index (χ4n) is 1.71. The van der Waals surface area contributed by atoms with E-state index in [1.165, 1.54) is 6.07 Å². The van der Waals surface area contributed by atoms with Gasteiger partial charge in [0.25, 0.3) is 5.69 Å². The van der Waals surface area contributed by atoms with E-state index in [0.717, 1.165) is 12.1 Å². The van der Waals surface area contributed by atoms with Crippen molar-refractivity contribution < 1.29 is 19.0 Å². The zero-order valence-electron chi connectivity index (χ0n) is 10.2. The topological polar surface area (TPSA) is 126 Å². The predicted molar refractivity (Wildman–Crippen MR) is 67.0 cm³/mol. The Morgan fingerprint density at radius 3 is 2.50 bits per heavy atom. The Bertz CT molecular complexity index is 765. The molecule has 1 aromatic carbocycles. The first-order valence-corrected chi connectivity index (χ1v) is 5.48. The molecule has 0 atom stereocenters. The zero-order chi connectivity index (χ0) is 14.9. The molecule has 9 nitrogen and oxygen atoms in total. The highest BCUT2D eigenvalue weighted by Gasteiger charge is 2.27. The maximum atomic E-state index is 11.6. The number of nitro benzene ring substituents is 1. The second-order valence-electron chi connectivity index (χ2n) is 3.69. The van der Waals surface area contributed by atoms with E-state index >= 15 is 0 Å². The highest BCUT2D eigenvalue weighted by Crippen LogP contribution is 2.34. The van der Waals surface area contributed by atoms with E-state index in [1.54, 1.807) is 6.92 Å². The van der Waals surface area contributed by atoms with Gasteiger partial charge in [-0.15, -0.1) is 0 Å². The van der Waals surface area contributed by atoms with Gasteiger partial charge in [0.1, 0.15) is 5.58 Å². The van der Waals surface area contributed by atoms with Gasteiger partial charge in [0.05, 0.1) is 21.8 Å². The van der Waals surface area contributed by atoms with Crippen molar-refractivity contribution in [1.82, 2.24) is 0 Å². The summed E-state index contributed by atoms with van der Waals surface area (Å²) >= 11 is 0. The molecule has 2 aromatic rings. The number of fused-ring (bicyclic) bond motifs is 1. The number of hydrogen-bond acceptors (Lipinski definition) is 7. The van der Waals surface area contributed by atoms with E-state index in [1.807, 2.05) is 0 Å². The second-order valence-corrected chi connectivity index (χ2v) is 3.69. The van der Waals surface area contributed by atoms with Crippen molar-refractivity contribution in [3.8, 4) is 5.75 Å². The van der Waals surface area contributed by atoms with Crippen LogP contribution in [0.15, 0.2) is 27.4 Å². The van der Waals surface area contributed by atoms with Gasteiger partial charge >= 0.3 is 11.3 Å². The van der Waals surface area contributed by atoms with E-state index in [9.17, 15) is 25.0 Å². The summed E-state index contributed by atoms with van der Waals surface area (Å²) in [4.78, 5) is 31.6. The molecule has 1 aromatic heterocycles. The summed E-state index contributed by atoms with van der Waals surface area (Å²) in [6.07, 6.45) is 0. The van der Waals surface area contributed by atoms with Gasteiger partial charge in [-0.25, -0.2) is 4.79 Å². The summed E-state index contributed by atoms with van der Waals surface area (Å²) in [6, 6.07) is 3.39. The maximum absolute atomic E-state index is 11.6. The van der Waals surface area contributed by atoms with Gasteiger partial charge in [0.2, 0.25) is 5.75 Å². The summed E-state index contributed by atoms with van der Waals surface area (Å²) < 4.78 is 9.88. The van der Waals surface area contributed by atoms with Crippen LogP contribution >= 0.6 is 0 Å². The Morgan fingerprint density at radius 1 is 1.25 bits per heavy atom. The maximum Gasteiger partial charge on any atom is 0.419 e. The molecule has 1 heterocycles. The largest absolute Gasteiger partial charge is 0.486 e. The van der Waals surface area contributed by atoms with E-state index < -0.39 is 21.2 Å². The fourth-order valence-corrected chi connectivity index (χ4v) is 1.71. The lowest BCUT2D eigenvalue weighted by molar-refractivity contribution is -0.388. The fraction of sp³-hybridized carbons (Fsp3) is 0.182. The molecule has 0 aliphatic rings. The molecule has 0 amide bonds. The molecule has 20 heavy (non-hydrogen) atoms. The van der Waals surface area contributed by atoms with Crippen LogP contribution in [0.1, 0.15) is 6.92 Å². The average molecular weight is 280 g/mol. The molecule has 0 saturated heterocycles. The van der Waals surface area contributed by atoms with Crippen molar-refractivity contribution in [3.05, 3.63) is 48.8 Å². The standard InChI is InChI=1S/C11H8N2O7/c1-2-19-10-7-5-6(12(15)16)3-4-8(7)20-11(14)9(10)13(17)18/h3-5H,2H2,1H3. The Kier molecular flexibility index (Phi) is 3.34. The molecule has 0 fully saturated rings. The van der Waals surface area contributed by atoms with Crippen LogP contribution in [0.25, 0.3) is 11.0 Å². The quantitative estimate of drug-likeness (QED) is 0.476. The number of nitro groups is 2. The molecule has 0 radical (unpaired) electrons. The van der Waals surface area contributed by atoms with Crippen molar-refractivity contribution in [1.29, 1.82) is 0 Å². The van der Waals surface area contributed by atoms with Crippen molar-refractivity contribution >= 4 is 22.3 Å². The van der Waals surface area contributed by atoms with Gasteiger partial charge in [-0.2, -0.15) is 0 Å². The Balaban J connectivity index is 2.89. The van der Waals surface area contributed by atoms with Crippen LogP contribution in [0.4, 0.5) is 11.4 Å². The molecular formula is C11H8N2O7. The highest BCUT2D eigenvalue weighted by atomic mass is 16.6. The van der Waals surface area contributed by atoms with Crippen molar-refractivity contribution in [2.45, 2.75) is 6.92 Å². The predicted octanol–water partition coefficient (Wildman–Crippen LogP) is 2.01. The number of nitrogens with zero attached hydrogens (tertiary/aromatic N) is 2. The first-order valence-electron chi connectivity index (χ1n) is 5.48. The van der Waals surface area contributed by atoms with E-state index in [0.29, 0.717) is 0 Å². The number of hydrogen-bond donors (Lipinski definition) is 0. The molecule has 2 rings (SSSR count). The third kappa shape index (κ3) is 2.16. The molecule has 0 aliphatic heterocycles. The van der Waals surface area contributed by atoms with Crippen LogP contribution in [0.3, 0.4) is 0 Å². The Labute approximate surface area is 110 Å². The van der Waals surface area contributed by atoms with Crippen molar-refractivity contribution in [3.63, 3.8) is 0 Å². The SMILES string of the molecule is CCOc1c([N+](=O)[O-])c(=O)oc2ccc([N+](=O)[O-])cc12. The zero-order valence-corrected chi connectivity index (χ0v) is 10.2. The monoisotopic (exact) mass is 280 g/mol. The summed E-state index contributed by atoms with van der Waals surface area (Å²) in [7, 11) is 0. The van der Waals surface area contributed by atoms with E-state index in [2.05, 4.69) is 0 Å². The minimum atomic E-state index is -1.17. The van der Waals surface area contributed by atoms with Crippen LogP contribution in [-0.2, 0) is 0 Å². The van der Waals surface area contributed by atoms with Gasteiger partial charge in [0, 0.05) is 12.1 Å². The van der Waals surface area contributed by atoms with Crippen LogP contribution < -0.4 is 10.4 Å². The van der Waals surface area contributed by atoms with Crippen LogP contribution in [-0.4, -0.2) is 16.5 Å². The number of rotatable bonds is 4. The summed E-state index contributed by atoms with van der Waals surface area (Å²) in [5.74, 6) is -0.326. The molecule has 0 aliphatic carbocycles. The smallest absolute Gasteiger partial charge is 0.419 e. The molecule has 9 heteroatoms. The van der Waals surface area contributed by atoms with Crippen LogP contribution in [0.2, 0.25) is 0 Å². The van der Waals surface area contributed by atoms with Crippen molar-refractivity contribution in [2.75, 3.05) is 6.61 Å². The van der Waals surface area contributed by atoms with E-state index in [4.69, 9.17) is 9.15 Å². The van der Waals surface area contributed by atoms with Gasteiger partial charge in [-0.05, 0) is 13.0 Å². The Hall–Kier alpha value is -2.97. The lowest BCUT2D eigenvalue weighted by atomic mass is 10.2. The van der Waals surface area contributed by atoms with Gasteiger partial charge < -0.3 is 9.15 Å². The molecule has 0 bridgehead atoms. The van der Waals surface area contributed by atoms with Gasteiger partial charge in [0.15, 0.2) is 0 Å². The number of ether oxygens (including phenoxy) is 1. The first-order chi connectivity index (χ1) is 9.45. The molecule has 0 saturated carbocycles. The van der Waals surface area contributed by atoms with Crippen molar-refractivity contribution in [2.24, 2.45) is 0 Å². The summed E-state index contributed by atoms with van der Waals surface area (Å²) in [5.41, 5.74) is -2.35. The normalized spacial score (nSPS) is 10.4. The number of non-ortho nitro benzene ring substituents is 1. The minimum absolute atomic E-state index is 0.00681. The van der Waals surface area contributed by atoms with Gasteiger partial charge in [-0.1, -0.05) is 0 Å². The molecule has 0 spiro atoms. The third-order valence-corrected chi connectivity index (χ3v) is 2.50. The number of benzene rings is 1. The van der Waals surface area contributed by atoms with Crippen LogP contribution in [0, 0.1) is 20.2 Å². The first kappa shape index (κ1) is 13.5. The average Bonchev–Trinajstić information content (AvgIpc) is 2.37. The summed E-state index contributed by atoms with van der Waals surface area (Å²) in [5, 5.41) is 21.7. The molecule has 104 valence electrons. The van der Waals surface area contributed by atoms with Gasteiger partial charge in [-0.3, -0.25) is 20.2 Å². The third-order valence-electron chi connectivity index (χ3n) is 2.50. The lowest BCUT2D eigenvalue weighted by Crippen LogP contribution is -2.10. The molecule has 0 unspecified atom stereocenters. The van der Waals surface area contributed by atoms with Crippen LogP contribution in [0.5, 0.6) is 5.75 Å².